The molecule has 0 spiro atoms. The third-order valence-corrected chi connectivity index (χ3v) is 5.32. The maximum Gasteiger partial charge on any atom is 0.251 e. The van der Waals surface area contributed by atoms with Crippen molar-refractivity contribution in [1.82, 2.24) is 20.9 Å². The Morgan fingerprint density at radius 1 is 1.22 bits per heavy atom. The molecule has 0 saturated heterocycles. The fourth-order valence-corrected chi connectivity index (χ4v) is 3.79. The Morgan fingerprint density at radius 3 is 2.59 bits per heavy atom. The van der Waals surface area contributed by atoms with Crippen LogP contribution in [-0.2, 0) is 19.3 Å². The minimum Gasteiger partial charge on any atom is -0.356 e. The summed E-state index contributed by atoms with van der Waals surface area (Å²) < 4.78 is 0. The number of nitrogens with one attached hydrogen (secondary N) is 3. The predicted octanol–water partition coefficient (Wildman–Crippen LogP) is 2.32. The van der Waals surface area contributed by atoms with Gasteiger partial charge < -0.3 is 16.0 Å². The molecule has 0 aliphatic heterocycles. The third kappa shape index (κ3) is 6.36. The van der Waals surface area contributed by atoms with Gasteiger partial charge in [0.25, 0.3) is 5.91 Å². The Morgan fingerprint density at radius 2 is 1.96 bits per heavy atom. The highest BCUT2D eigenvalue weighted by molar-refractivity contribution is 7.11. The second kappa shape index (κ2) is 10.7. The lowest BCUT2D eigenvalue weighted by Crippen LogP contribution is -2.39. The summed E-state index contributed by atoms with van der Waals surface area (Å²) in [6, 6.07) is 7.68. The van der Waals surface area contributed by atoms with Gasteiger partial charge in [0.15, 0.2) is 5.96 Å². The smallest absolute Gasteiger partial charge is 0.251 e. The fourth-order valence-electron chi connectivity index (χ4n) is 2.77. The molecule has 27 heavy (non-hydrogen) atoms. The lowest BCUT2D eigenvalue weighted by Gasteiger charge is -2.11. The van der Waals surface area contributed by atoms with Gasteiger partial charge in [0.1, 0.15) is 0 Å². The van der Waals surface area contributed by atoms with Gasteiger partial charge >= 0.3 is 0 Å². The number of benzene rings is 1. The lowest BCUT2D eigenvalue weighted by molar-refractivity contribution is 0.0963. The van der Waals surface area contributed by atoms with Crippen molar-refractivity contribution in [2.45, 2.75) is 33.1 Å². The summed E-state index contributed by atoms with van der Waals surface area (Å²) in [6.07, 6.45) is 2.69. The number of aromatic nitrogens is 1. The number of hydrogen-bond acceptors (Lipinski definition) is 4. The van der Waals surface area contributed by atoms with Gasteiger partial charge in [-0.3, -0.25) is 9.79 Å². The number of carbonyl (C=O) groups is 1. The molecule has 0 aliphatic carbocycles. The number of nitrogens with zero attached hydrogens (tertiary/aromatic N) is 2. The number of amides is 1. The second-order valence-electron chi connectivity index (χ2n) is 6.17. The van der Waals surface area contributed by atoms with E-state index >= 15 is 0 Å². The third-order valence-electron chi connectivity index (χ3n) is 4.25. The molecular weight excluding hydrogens is 358 g/mol. The molecule has 0 unspecified atom stereocenters. The lowest BCUT2D eigenvalue weighted by atomic mass is 10.1. The van der Waals surface area contributed by atoms with Crippen LogP contribution in [0.1, 0.15) is 38.4 Å². The average molecular weight is 388 g/mol. The van der Waals surface area contributed by atoms with Crippen LogP contribution < -0.4 is 16.0 Å². The molecule has 6 nitrogen and oxygen atoms in total. The van der Waals surface area contributed by atoms with E-state index in [0.717, 1.165) is 43.9 Å². The molecule has 7 heteroatoms. The molecule has 0 aliphatic rings. The van der Waals surface area contributed by atoms with Gasteiger partial charge in [0.2, 0.25) is 0 Å². The summed E-state index contributed by atoms with van der Waals surface area (Å²) in [5.41, 5.74) is 3.00. The van der Waals surface area contributed by atoms with Gasteiger partial charge in [-0.25, -0.2) is 4.98 Å². The molecule has 1 aromatic carbocycles. The molecule has 1 aromatic heterocycles. The van der Waals surface area contributed by atoms with Crippen LogP contribution in [0.4, 0.5) is 0 Å². The van der Waals surface area contributed by atoms with E-state index in [2.05, 4.69) is 39.8 Å². The second-order valence-corrected chi connectivity index (χ2v) is 7.46. The molecule has 0 bridgehead atoms. The van der Waals surface area contributed by atoms with Gasteiger partial charge in [0, 0.05) is 44.0 Å². The standard InChI is InChI=1S/C20H29N5OS/c1-5-17-14(2)27-18(25-17)10-12-24-20(22-4)23-11-9-15-7-6-8-16(13-15)19(26)21-3/h6-8,13H,5,9-12H2,1-4H3,(H,21,26)(H2,22,23,24). The molecule has 1 amide bonds. The number of rotatable bonds is 8. The summed E-state index contributed by atoms with van der Waals surface area (Å²) in [7, 11) is 3.41. The first kappa shape index (κ1) is 20.9. The van der Waals surface area contributed by atoms with E-state index in [-0.39, 0.29) is 5.91 Å². The van der Waals surface area contributed by atoms with Gasteiger partial charge in [0.05, 0.1) is 10.7 Å². The summed E-state index contributed by atoms with van der Waals surface area (Å²) in [5.74, 6) is 0.715. The summed E-state index contributed by atoms with van der Waals surface area (Å²) in [4.78, 5) is 22.0. The Labute approximate surface area is 165 Å². The Kier molecular flexibility index (Phi) is 8.26. The van der Waals surface area contributed by atoms with Gasteiger partial charge in [-0.05, 0) is 37.5 Å². The summed E-state index contributed by atoms with van der Waals surface area (Å²) in [6.45, 7) is 5.81. The topological polar surface area (TPSA) is 78.4 Å². The van der Waals surface area contributed by atoms with E-state index < -0.39 is 0 Å². The summed E-state index contributed by atoms with van der Waals surface area (Å²) >= 11 is 1.77. The molecule has 3 N–H and O–H groups in total. The summed E-state index contributed by atoms with van der Waals surface area (Å²) in [5, 5.41) is 10.5. The van der Waals surface area contributed by atoms with Crippen molar-refractivity contribution in [2.75, 3.05) is 27.2 Å². The molecule has 146 valence electrons. The van der Waals surface area contributed by atoms with E-state index in [1.807, 2.05) is 24.3 Å². The molecule has 0 fully saturated rings. The van der Waals surface area contributed by atoms with E-state index in [1.54, 1.807) is 25.4 Å². The number of thiazole rings is 1. The zero-order valence-corrected chi connectivity index (χ0v) is 17.4. The first-order valence-corrected chi connectivity index (χ1v) is 10.1. The van der Waals surface area contributed by atoms with Crippen molar-refractivity contribution in [3.63, 3.8) is 0 Å². The first-order chi connectivity index (χ1) is 13.1. The van der Waals surface area contributed by atoms with Crippen molar-refractivity contribution < 1.29 is 4.79 Å². The number of aliphatic imine (C=N–C) groups is 1. The van der Waals surface area contributed by atoms with Crippen molar-refractivity contribution in [2.24, 2.45) is 4.99 Å². The first-order valence-electron chi connectivity index (χ1n) is 9.28. The number of aryl methyl sites for hydroxylation is 2. The molecule has 0 atom stereocenters. The molecule has 0 saturated carbocycles. The van der Waals surface area contributed by atoms with Crippen LogP contribution >= 0.6 is 11.3 Å². The van der Waals surface area contributed by atoms with E-state index in [4.69, 9.17) is 0 Å². The minimum absolute atomic E-state index is 0.0639. The van der Waals surface area contributed by atoms with Crippen LogP contribution in [0.3, 0.4) is 0 Å². The van der Waals surface area contributed by atoms with Crippen molar-refractivity contribution in [1.29, 1.82) is 0 Å². The van der Waals surface area contributed by atoms with Crippen LogP contribution in [-0.4, -0.2) is 44.0 Å². The maximum atomic E-state index is 11.7. The normalized spacial score (nSPS) is 11.3. The van der Waals surface area contributed by atoms with E-state index in [9.17, 15) is 4.79 Å². The maximum absolute atomic E-state index is 11.7. The number of guanidine groups is 1. The average Bonchev–Trinajstić information content (AvgIpc) is 3.05. The van der Waals surface area contributed by atoms with Crippen LogP contribution in [0.25, 0.3) is 0 Å². The van der Waals surface area contributed by atoms with E-state index in [0.29, 0.717) is 5.56 Å². The highest BCUT2D eigenvalue weighted by atomic mass is 32.1. The highest BCUT2D eigenvalue weighted by Gasteiger charge is 2.07. The zero-order chi connectivity index (χ0) is 19.6. The molecule has 2 rings (SSSR count). The monoisotopic (exact) mass is 387 g/mol. The quantitative estimate of drug-likeness (QED) is 0.480. The minimum atomic E-state index is -0.0639. The largest absolute Gasteiger partial charge is 0.356 e. The Hall–Kier alpha value is -2.41. The Balaban J connectivity index is 1.76. The molecule has 1 heterocycles. The fraction of sp³-hybridized carbons (Fsp3) is 0.450. The SMILES string of the molecule is CCc1nc(CCNC(=NC)NCCc2cccc(C(=O)NC)c2)sc1C. The van der Waals surface area contributed by atoms with Crippen LogP contribution in [0.2, 0.25) is 0 Å². The Bertz CT molecular complexity index is 784. The number of hydrogen-bond donors (Lipinski definition) is 3. The van der Waals surface area contributed by atoms with Crippen molar-refractivity contribution in [3.05, 3.63) is 51.0 Å². The van der Waals surface area contributed by atoms with Crippen molar-refractivity contribution in [3.8, 4) is 0 Å². The predicted molar refractivity (Wildman–Crippen MR) is 113 cm³/mol. The van der Waals surface area contributed by atoms with Crippen LogP contribution in [0, 0.1) is 6.92 Å². The van der Waals surface area contributed by atoms with Gasteiger partial charge in [-0.2, -0.15) is 0 Å². The van der Waals surface area contributed by atoms with Crippen LogP contribution in [0.15, 0.2) is 29.3 Å². The van der Waals surface area contributed by atoms with Gasteiger partial charge in [-0.15, -0.1) is 11.3 Å². The highest BCUT2D eigenvalue weighted by Crippen LogP contribution is 2.17. The van der Waals surface area contributed by atoms with Gasteiger partial charge in [-0.1, -0.05) is 19.1 Å². The van der Waals surface area contributed by atoms with Crippen molar-refractivity contribution >= 4 is 23.2 Å². The zero-order valence-electron chi connectivity index (χ0n) is 16.6. The number of carbonyl (C=O) groups excluding carboxylic acids is 1. The molecule has 2 aromatic rings. The van der Waals surface area contributed by atoms with E-state index in [1.165, 1.54) is 15.6 Å². The van der Waals surface area contributed by atoms with Crippen LogP contribution in [0.5, 0.6) is 0 Å². The molecular formula is C20H29N5OS. The molecule has 0 radical (unpaired) electrons.